The monoisotopic (exact) mass is 418 g/mol. The summed E-state index contributed by atoms with van der Waals surface area (Å²) in [6.45, 7) is -0.714. The quantitative estimate of drug-likeness (QED) is 0.804. The van der Waals surface area contributed by atoms with Crippen LogP contribution in [-0.4, -0.2) is 25.0 Å². The lowest BCUT2D eigenvalue weighted by molar-refractivity contribution is -0.137. The van der Waals surface area contributed by atoms with E-state index < -0.39 is 30.1 Å². The Bertz CT molecular complexity index is 919. The van der Waals surface area contributed by atoms with Crippen LogP contribution < -0.4 is 15.0 Å². The largest absolute Gasteiger partial charge is 0.482 e. The molecule has 1 aliphatic rings. The summed E-state index contributed by atoms with van der Waals surface area (Å²) in [7, 11) is 0. The fourth-order valence-electron chi connectivity index (χ4n) is 2.48. The second-order valence-corrected chi connectivity index (χ2v) is 6.46. The molecule has 0 unspecified atom stereocenters. The highest BCUT2D eigenvalue weighted by Crippen LogP contribution is 2.35. The highest BCUT2D eigenvalue weighted by molar-refractivity contribution is 6.33. The van der Waals surface area contributed by atoms with E-state index in [1.165, 1.54) is 6.07 Å². The number of nitrogens with one attached hydrogen (secondary N) is 1. The summed E-state index contributed by atoms with van der Waals surface area (Å²) in [4.78, 5) is 25.6. The maximum atomic E-state index is 12.8. The molecule has 142 valence electrons. The van der Waals surface area contributed by atoms with Crippen LogP contribution in [0.3, 0.4) is 0 Å². The van der Waals surface area contributed by atoms with Gasteiger partial charge in [-0.15, -0.1) is 0 Å². The first-order valence-corrected chi connectivity index (χ1v) is 8.30. The number of halogens is 5. The van der Waals surface area contributed by atoms with Crippen molar-refractivity contribution < 1.29 is 27.5 Å². The number of carbonyl (C=O) groups is 2. The number of hydrogen-bond acceptors (Lipinski definition) is 3. The summed E-state index contributed by atoms with van der Waals surface area (Å²) in [5.41, 5.74) is -0.866. The number of nitrogens with zero attached hydrogens (tertiary/aromatic N) is 1. The molecule has 5 nitrogen and oxygen atoms in total. The lowest BCUT2D eigenvalue weighted by atomic mass is 10.2. The summed E-state index contributed by atoms with van der Waals surface area (Å²) in [5.74, 6) is -0.851. The van der Waals surface area contributed by atoms with Crippen molar-refractivity contribution >= 4 is 46.4 Å². The van der Waals surface area contributed by atoms with E-state index in [1.807, 2.05) is 0 Å². The third-order valence-corrected chi connectivity index (χ3v) is 4.30. The van der Waals surface area contributed by atoms with E-state index in [2.05, 4.69) is 5.32 Å². The van der Waals surface area contributed by atoms with E-state index in [0.717, 1.165) is 23.1 Å². The van der Waals surface area contributed by atoms with Crippen molar-refractivity contribution in [2.45, 2.75) is 6.18 Å². The minimum Gasteiger partial charge on any atom is -0.482 e. The molecule has 0 bridgehead atoms. The summed E-state index contributed by atoms with van der Waals surface area (Å²) < 4.78 is 43.8. The minimum atomic E-state index is -4.58. The van der Waals surface area contributed by atoms with Gasteiger partial charge in [-0.2, -0.15) is 13.2 Å². The molecule has 27 heavy (non-hydrogen) atoms. The van der Waals surface area contributed by atoms with Crippen molar-refractivity contribution in [3.05, 3.63) is 52.0 Å². The summed E-state index contributed by atoms with van der Waals surface area (Å²) >= 11 is 11.8. The zero-order valence-corrected chi connectivity index (χ0v) is 15.0. The van der Waals surface area contributed by atoms with Crippen molar-refractivity contribution in [2.75, 3.05) is 23.4 Å². The van der Waals surface area contributed by atoms with Gasteiger partial charge in [0.25, 0.3) is 5.91 Å². The second-order valence-electron chi connectivity index (χ2n) is 5.62. The first kappa shape index (κ1) is 19.3. The van der Waals surface area contributed by atoms with Crippen molar-refractivity contribution in [3.8, 4) is 5.75 Å². The van der Waals surface area contributed by atoms with Crippen LogP contribution >= 0.6 is 23.2 Å². The molecule has 0 radical (unpaired) electrons. The number of rotatable bonds is 3. The van der Waals surface area contributed by atoms with Crippen LogP contribution in [0.5, 0.6) is 5.75 Å². The van der Waals surface area contributed by atoms with E-state index in [0.29, 0.717) is 16.5 Å². The molecule has 2 aromatic carbocycles. The number of benzene rings is 2. The van der Waals surface area contributed by atoms with Crippen molar-refractivity contribution in [2.24, 2.45) is 0 Å². The number of carbonyl (C=O) groups excluding carboxylic acids is 2. The molecule has 2 amide bonds. The molecule has 0 saturated carbocycles. The van der Waals surface area contributed by atoms with Gasteiger partial charge >= 0.3 is 6.18 Å². The van der Waals surface area contributed by atoms with Gasteiger partial charge in [0.2, 0.25) is 5.91 Å². The van der Waals surface area contributed by atoms with Crippen LogP contribution in [0.15, 0.2) is 36.4 Å². The van der Waals surface area contributed by atoms with E-state index in [1.54, 1.807) is 12.1 Å². The number of amides is 2. The SMILES string of the molecule is O=C(CN1C(=O)COc2ccc(Cl)cc21)Nc1cc(C(F)(F)F)ccc1Cl. The maximum Gasteiger partial charge on any atom is 0.416 e. The lowest BCUT2D eigenvalue weighted by Crippen LogP contribution is -2.43. The van der Waals surface area contributed by atoms with E-state index in [9.17, 15) is 22.8 Å². The molecule has 1 N–H and O–H groups in total. The second kappa shape index (κ2) is 7.28. The highest BCUT2D eigenvalue weighted by Gasteiger charge is 2.32. The van der Waals surface area contributed by atoms with Crippen LogP contribution in [-0.2, 0) is 15.8 Å². The van der Waals surface area contributed by atoms with E-state index in [-0.39, 0.29) is 17.3 Å². The van der Waals surface area contributed by atoms with Gasteiger partial charge in [0, 0.05) is 5.02 Å². The third kappa shape index (κ3) is 4.28. The van der Waals surface area contributed by atoms with Gasteiger partial charge < -0.3 is 10.1 Å². The van der Waals surface area contributed by atoms with Crippen LogP contribution in [0.2, 0.25) is 10.0 Å². The van der Waals surface area contributed by atoms with E-state index >= 15 is 0 Å². The average Bonchev–Trinajstić information content (AvgIpc) is 2.58. The van der Waals surface area contributed by atoms with Crippen molar-refractivity contribution in [1.82, 2.24) is 0 Å². The van der Waals surface area contributed by atoms with Crippen LogP contribution in [0.25, 0.3) is 0 Å². The van der Waals surface area contributed by atoms with Gasteiger partial charge in [-0.1, -0.05) is 23.2 Å². The zero-order valence-electron chi connectivity index (χ0n) is 13.4. The molecular weight excluding hydrogens is 408 g/mol. The Balaban J connectivity index is 1.81. The summed E-state index contributed by atoms with van der Waals surface area (Å²) in [6.07, 6.45) is -4.58. The van der Waals surface area contributed by atoms with Crippen LogP contribution in [0.1, 0.15) is 5.56 Å². The topological polar surface area (TPSA) is 58.6 Å². The summed E-state index contributed by atoms with van der Waals surface area (Å²) in [5, 5.41) is 2.57. The first-order valence-electron chi connectivity index (χ1n) is 7.54. The summed E-state index contributed by atoms with van der Waals surface area (Å²) in [6, 6.07) is 7.15. The van der Waals surface area contributed by atoms with Crippen molar-refractivity contribution in [3.63, 3.8) is 0 Å². The van der Waals surface area contributed by atoms with Gasteiger partial charge in [-0.05, 0) is 36.4 Å². The normalized spacial score (nSPS) is 13.8. The van der Waals surface area contributed by atoms with Gasteiger partial charge in [-0.25, -0.2) is 0 Å². The molecule has 0 fully saturated rings. The Morgan fingerprint density at radius 2 is 1.93 bits per heavy atom. The average molecular weight is 419 g/mol. The Kier molecular flexibility index (Phi) is 5.21. The minimum absolute atomic E-state index is 0.0619. The van der Waals surface area contributed by atoms with Crippen molar-refractivity contribution in [1.29, 1.82) is 0 Å². The molecule has 0 aliphatic carbocycles. The highest BCUT2D eigenvalue weighted by atomic mass is 35.5. The Labute approximate surface area is 161 Å². The van der Waals surface area contributed by atoms with Gasteiger partial charge in [-0.3, -0.25) is 14.5 Å². The molecule has 10 heteroatoms. The lowest BCUT2D eigenvalue weighted by Gasteiger charge is -2.29. The van der Waals surface area contributed by atoms with E-state index in [4.69, 9.17) is 27.9 Å². The maximum absolute atomic E-state index is 12.8. The standard InChI is InChI=1S/C17H11Cl2F3N2O3/c18-10-2-4-14-13(6-10)24(16(26)8-27-14)7-15(25)23-12-5-9(17(20,21)22)1-3-11(12)19/h1-6H,7-8H2,(H,23,25). The fraction of sp³-hybridized carbons (Fsp3) is 0.176. The van der Waals surface area contributed by atoms with Gasteiger partial charge in [0.15, 0.2) is 6.61 Å². The molecule has 0 saturated heterocycles. The number of ether oxygens (including phenoxy) is 1. The predicted octanol–water partition coefficient (Wildman–Crippen LogP) is 4.38. The molecule has 0 atom stereocenters. The third-order valence-electron chi connectivity index (χ3n) is 3.73. The fourth-order valence-corrected chi connectivity index (χ4v) is 2.81. The molecule has 3 rings (SSSR count). The number of alkyl halides is 3. The molecule has 2 aromatic rings. The van der Waals surface area contributed by atoms with Gasteiger partial charge in [0.1, 0.15) is 12.3 Å². The molecule has 0 spiro atoms. The first-order chi connectivity index (χ1) is 12.6. The van der Waals surface area contributed by atoms with Crippen LogP contribution in [0, 0.1) is 0 Å². The van der Waals surface area contributed by atoms with Crippen LogP contribution in [0.4, 0.5) is 24.5 Å². The molecule has 1 heterocycles. The molecule has 1 aliphatic heterocycles. The zero-order chi connectivity index (χ0) is 19.8. The Hall–Kier alpha value is -2.45. The smallest absolute Gasteiger partial charge is 0.416 e. The number of fused-ring (bicyclic) bond motifs is 1. The molecule has 0 aromatic heterocycles. The number of anilines is 2. The molecular formula is C17H11Cl2F3N2O3. The van der Waals surface area contributed by atoms with Gasteiger partial charge in [0.05, 0.1) is 22.0 Å². The predicted molar refractivity (Wildman–Crippen MR) is 94.4 cm³/mol. The number of hydrogen-bond donors (Lipinski definition) is 1. The Morgan fingerprint density at radius 1 is 1.19 bits per heavy atom. The Morgan fingerprint density at radius 3 is 2.63 bits per heavy atom.